The Labute approximate surface area is 114 Å². The smallest absolute Gasteiger partial charge is 0.255 e. The number of nitrogens with two attached hydrogens (primary N) is 1. The largest absolute Gasteiger partial charge is 0.338 e. The number of nitrogens with zero attached hydrogens (tertiary/aromatic N) is 3. The van der Waals surface area contributed by atoms with Crippen molar-refractivity contribution >= 4 is 5.91 Å². The van der Waals surface area contributed by atoms with Gasteiger partial charge in [0.05, 0.1) is 17.0 Å². The van der Waals surface area contributed by atoms with Crippen LogP contribution in [0.5, 0.6) is 0 Å². The summed E-state index contributed by atoms with van der Waals surface area (Å²) in [7, 11) is 0. The van der Waals surface area contributed by atoms with Gasteiger partial charge in [0.2, 0.25) is 0 Å². The predicted molar refractivity (Wildman–Crippen MR) is 73.8 cm³/mol. The third kappa shape index (κ3) is 2.92. The van der Waals surface area contributed by atoms with Gasteiger partial charge >= 0.3 is 0 Å². The van der Waals surface area contributed by atoms with Crippen LogP contribution in [0.3, 0.4) is 0 Å². The van der Waals surface area contributed by atoms with E-state index in [0.29, 0.717) is 11.5 Å². The molecule has 5 nitrogen and oxygen atoms in total. The van der Waals surface area contributed by atoms with E-state index in [1.807, 2.05) is 31.7 Å². The van der Waals surface area contributed by atoms with Crippen LogP contribution < -0.4 is 5.73 Å². The van der Waals surface area contributed by atoms with Gasteiger partial charge in [-0.25, -0.2) is 0 Å². The Kier molecular flexibility index (Phi) is 4.14. The lowest BCUT2D eigenvalue weighted by molar-refractivity contribution is 0.0784. The second kappa shape index (κ2) is 5.65. The molecule has 104 valence electrons. The standard InChI is InChI=1S/C14H22N4O/c1-4-13-12(7-9(2)16-17-13)14(19)18-6-5-11(8-18)10(3)15/h7,10-11H,4-6,8,15H2,1-3H3. The molecule has 2 unspecified atom stereocenters. The molecule has 1 amide bonds. The van der Waals surface area contributed by atoms with E-state index in [4.69, 9.17) is 5.73 Å². The molecule has 0 spiro atoms. The van der Waals surface area contributed by atoms with Crippen LogP contribution in [0.4, 0.5) is 0 Å². The van der Waals surface area contributed by atoms with E-state index in [2.05, 4.69) is 10.2 Å². The number of amides is 1. The molecule has 0 bridgehead atoms. The highest BCUT2D eigenvalue weighted by molar-refractivity contribution is 5.95. The van der Waals surface area contributed by atoms with Crippen LogP contribution in [0.1, 0.15) is 42.0 Å². The molecular weight excluding hydrogens is 240 g/mol. The van der Waals surface area contributed by atoms with E-state index in [0.717, 1.165) is 37.3 Å². The van der Waals surface area contributed by atoms with Crippen molar-refractivity contribution in [2.24, 2.45) is 11.7 Å². The molecule has 1 aliphatic heterocycles. The summed E-state index contributed by atoms with van der Waals surface area (Å²) in [6, 6.07) is 1.98. The van der Waals surface area contributed by atoms with Gasteiger partial charge in [-0.15, -0.1) is 0 Å². The zero-order valence-corrected chi connectivity index (χ0v) is 11.9. The molecule has 0 aliphatic carbocycles. The first-order valence-electron chi connectivity index (χ1n) is 6.91. The molecule has 2 N–H and O–H groups in total. The lowest BCUT2D eigenvalue weighted by Crippen LogP contribution is -2.33. The van der Waals surface area contributed by atoms with Crippen molar-refractivity contribution in [1.82, 2.24) is 15.1 Å². The Morgan fingerprint density at radius 2 is 2.32 bits per heavy atom. The summed E-state index contributed by atoms with van der Waals surface area (Å²) in [6.45, 7) is 7.40. The lowest BCUT2D eigenvalue weighted by Gasteiger charge is -2.19. The molecule has 5 heteroatoms. The monoisotopic (exact) mass is 262 g/mol. The Balaban J connectivity index is 2.19. The fourth-order valence-electron chi connectivity index (χ4n) is 2.53. The van der Waals surface area contributed by atoms with E-state index < -0.39 is 0 Å². The Hall–Kier alpha value is -1.49. The molecule has 0 saturated carbocycles. The lowest BCUT2D eigenvalue weighted by atomic mass is 10.0. The highest BCUT2D eigenvalue weighted by Crippen LogP contribution is 2.21. The van der Waals surface area contributed by atoms with Crippen molar-refractivity contribution in [3.05, 3.63) is 23.0 Å². The fraction of sp³-hybridized carbons (Fsp3) is 0.643. The maximum Gasteiger partial charge on any atom is 0.255 e. The van der Waals surface area contributed by atoms with Crippen LogP contribution in [0.15, 0.2) is 6.07 Å². The highest BCUT2D eigenvalue weighted by Gasteiger charge is 2.30. The summed E-state index contributed by atoms with van der Waals surface area (Å²) in [4.78, 5) is 14.5. The van der Waals surface area contributed by atoms with E-state index in [1.54, 1.807) is 0 Å². The molecule has 1 fully saturated rings. The second-order valence-corrected chi connectivity index (χ2v) is 5.36. The van der Waals surface area contributed by atoms with Gasteiger partial charge < -0.3 is 10.6 Å². The van der Waals surface area contributed by atoms with Crippen molar-refractivity contribution in [2.75, 3.05) is 13.1 Å². The molecule has 2 atom stereocenters. The predicted octanol–water partition coefficient (Wildman–Crippen LogP) is 1.16. The van der Waals surface area contributed by atoms with E-state index in [1.165, 1.54) is 0 Å². The van der Waals surface area contributed by atoms with Crippen molar-refractivity contribution < 1.29 is 4.79 Å². The van der Waals surface area contributed by atoms with Crippen molar-refractivity contribution in [3.8, 4) is 0 Å². The van der Waals surface area contributed by atoms with Gasteiger partial charge in [-0.1, -0.05) is 6.92 Å². The zero-order valence-electron chi connectivity index (χ0n) is 11.9. The molecule has 0 aromatic carbocycles. The fourth-order valence-corrected chi connectivity index (χ4v) is 2.53. The number of carbonyl (C=O) groups is 1. The van der Waals surface area contributed by atoms with E-state index in [9.17, 15) is 4.79 Å². The van der Waals surface area contributed by atoms with Crippen LogP contribution in [-0.4, -0.2) is 40.1 Å². The van der Waals surface area contributed by atoms with Gasteiger partial charge in [0.15, 0.2) is 0 Å². The number of aryl methyl sites for hydroxylation is 2. The average molecular weight is 262 g/mol. The van der Waals surface area contributed by atoms with Crippen LogP contribution in [0.25, 0.3) is 0 Å². The normalized spacial score (nSPS) is 20.6. The summed E-state index contributed by atoms with van der Waals surface area (Å²) in [6.07, 6.45) is 1.71. The Morgan fingerprint density at radius 1 is 1.58 bits per heavy atom. The Bertz CT molecular complexity index is 473. The maximum absolute atomic E-state index is 12.6. The average Bonchev–Trinajstić information content (AvgIpc) is 2.87. The Morgan fingerprint density at radius 3 is 2.89 bits per heavy atom. The van der Waals surface area contributed by atoms with Crippen molar-refractivity contribution in [1.29, 1.82) is 0 Å². The first kappa shape index (κ1) is 13.9. The minimum Gasteiger partial charge on any atom is -0.338 e. The van der Waals surface area contributed by atoms with Gasteiger partial charge in [0.1, 0.15) is 0 Å². The number of likely N-dealkylation sites (tertiary alicyclic amines) is 1. The molecule has 1 aromatic rings. The molecule has 1 saturated heterocycles. The zero-order chi connectivity index (χ0) is 14.0. The number of aromatic nitrogens is 2. The quantitative estimate of drug-likeness (QED) is 0.887. The van der Waals surface area contributed by atoms with Gasteiger partial charge in [-0.05, 0) is 38.7 Å². The number of rotatable bonds is 3. The minimum atomic E-state index is 0.0676. The molecule has 0 radical (unpaired) electrons. The molecule has 2 rings (SSSR count). The van der Waals surface area contributed by atoms with E-state index >= 15 is 0 Å². The third-order valence-corrected chi connectivity index (χ3v) is 3.81. The summed E-state index contributed by atoms with van der Waals surface area (Å²) < 4.78 is 0. The highest BCUT2D eigenvalue weighted by atomic mass is 16.2. The third-order valence-electron chi connectivity index (χ3n) is 3.81. The van der Waals surface area contributed by atoms with Crippen LogP contribution in [0, 0.1) is 12.8 Å². The van der Waals surface area contributed by atoms with Crippen LogP contribution in [-0.2, 0) is 6.42 Å². The maximum atomic E-state index is 12.6. The summed E-state index contributed by atoms with van der Waals surface area (Å²) >= 11 is 0. The van der Waals surface area contributed by atoms with Gasteiger partial charge in [0, 0.05) is 19.1 Å². The van der Waals surface area contributed by atoms with Gasteiger partial charge in [0.25, 0.3) is 5.91 Å². The summed E-state index contributed by atoms with van der Waals surface area (Å²) in [5.74, 6) is 0.475. The first-order valence-corrected chi connectivity index (χ1v) is 6.91. The summed E-state index contributed by atoms with van der Waals surface area (Å²) in [5.41, 5.74) is 8.17. The molecule has 2 heterocycles. The van der Waals surface area contributed by atoms with Crippen molar-refractivity contribution in [3.63, 3.8) is 0 Å². The van der Waals surface area contributed by atoms with Crippen LogP contribution in [0.2, 0.25) is 0 Å². The number of carbonyl (C=O) groups excluding carboxylic acids is 1. The topological polar surface area (TPSA) is 72.1 Å². The van der Waals surface area contributed by atoms with Gasteiger partial charge in [-0.2, -0.15) is 10.2 Å². The first-order chi connectivity index (χ1) is 9.02. The summed E-state index contributed by atoms with van der Waals surface area (Å²) in [5, 5.41) is 8.14. The number of hydrogen-bond acceptors (Lipinski definition) is 4. The minimum absolute atomic E-state index is 0.0676. The van der Waals surface area contributed by atoms with Crippen LogP contribution >= 0.6 is 0 Å². The SMILES string of the molecule is CCc1nnc(C)cc1C(=O)N1CCC(C(C)N)C1. The van der Waals surface area contributed by atoms with E-state index in [-0.39, 0.29) is 11.9 Å². The second-order valence-electron chi connectivity index (χ2n) is 5.36. The van der Waals surface area contributed by atoms with Crippen molar-refractivity contribution in [2.45, 2.75) is 39.7 Å². The molecular formula is C14H22N4O. The molecule has 1 aliphatic rings. The van der Waals surface area contributed by atoms with Gasteiger partial charge in [-0.3, -0.25) is 4.79 Å². The number of hydrogen-bond donors (Lipinski definition) is 1. The molecule has 19 heavy (non-hydrogen) atoms. The molecule has 1 aromatic heterocycles.